The predicted molar refractivity (Wildman–Crippen MR) is 151 cm³/mol. The van der Waals surface area contributed by atoms with Crippen LogP contribution < -0.4 is 10.6 Å². The van der Waals surface area contributed by atoms with Gasteiger partial charge in [-0.2, -0.15) is 5.26 Å². The third kappa shape index (κ3) is 4.36. The fraction of sp³-hybridized carbons (Fsp3) is 0.429. The van der Waals surface area contributed by atoms with Crippen LogP contribution in [0.4, 0.5) is 19.7 Å². The molecule has 0 spiro atoms. The summed E-state index contributed by atoms with van der Waals surface area (Å²) in [5.41, 5.74) is 8.00. The summed E-state index contributed by atoms with van der Waals surface area (Å²) >= 11 is 0.956. The van der Waals surface area contributed by atoms with Crippen molar-refractivity contribution in [3.8, 4) is 17.3 Å². The molecular formula is C28H31F2N7OS. The van der Waals surface area contributed by atoms with Crippen LogP contribution >= 0.6 is 11.3 Å². The van der Waals surface area contributed by atoms with E-state index in [1.807, 2.05) is 19.9 Å². The minimum absolute atomic E-state index is 0.0929. The Labute approximate surface area is 230 Å². The van der Waals surface area contributed by atoms with Gasteiger partial charge in [0.05, 0.1) is 35.4 Å². The first-order chi connectivity index (χ1) is 18.8. The monoisotopic (exact) mass is 551 g/mol. The second kappa shape index (κ2) is 10.6. The average molecular weight is 552 g/mol. The van der Waals surface area contributed by atoms with Crippen molar-refractivity contribution in [1.29, 1.82) is 5.26 Å². The van der Waals surface area contributed by atoms with E-state index in [-0.39, 0.29) is 56.7 Å². The van der Waals surface area contributed by atoms with Crippen LogP contribution in [-0.4, -0.2) is 53.1 Å². The first kappa shape index (κ1) is 27.1. The Morgan fingerprint density at radius 3 is 2.67 bits per heavy atom. The Morgan fingerprint density at radius 2 is 1.95 bits per heavy atom. The van der Waals surface area contributed by atoms with Crippen LogP contribution in [0.5, 0.6) is 0 Å². The van der Waals surface area contributed by atoms with Gasteiger partial charge in [-0.15, -0.1) is 11.3 Å². The van der Waals surface area contributed by atoms with Crippen LogP contribution in [0.3, 0.4) is 0 Å². The van der Waals surface area contributed by atoms with Gasteiger partial charge in [-0.25, -0.2) is 18.7 Å². The fourth-order valence-electron chi connectivity index (χ4n) is 5.68. The predicted octanol–water partition coefficient (Wildman–Crippen LogP) is 5.47. The van der Waals surface area contributed by atoms with E-state index in [1.54, 1.807) is 6.20 Å². The van der Waals surface area contributed by atoms with Crippen LogP contribution in [0.25, 0.3) is 32.2 Å². The lowest BCUT2D eigenvalue weighted by atomic mass is 9.94. The number of hydrogen-bond donors (Lipinski definition) is 1. The number of fused-ring (bicyclic) bond motifs is 4. The molecule has 1 fully saturated rings. The van der Waals surface area contributed by atoms with Gasteiger partial charge in [0.25, 0.3) is 0 Å². The maximum absolute atomic E-state index is 16.5. The summed E-state index contributed by atoms with van der Waals surface area (Å²) in [6.07, 6.45) is 3.71. The summed E-state index contributed by atoms with van der Waals surface area (Å²) in [6.45, 7) is 8.32. The number of nitrogen functional groups attached to an aromatic ring is 1. The molecular weight excluding hydrogens is 520 g/mol. The molecule has 8 nitrogen and oxygen atoms in total. The molecule has 39 heavy (non-hydrogen) atoms. The van der Waals surface area contributed by atoms with Gasteiger partial charge in [0.2, 0.25) is 5.95 Å². The molecule has 0 aliphatic carbocycles. The van der Waals surface area contributed by atoms with Crippen molar-refractivity contribution in [1.82, 2.24) is 19.9 Å². The number of hydrogen-bond acceptors (Lipinski definition) is 9. The molecule has 0 saturated carbocycles. The molecule has 2 atom stereocenters. The standard InChI is InChI=1S/C26H25F2N7OS.C2H6/c1-12-13(9-34(2)3)4-5-35(12)26-32-7-15-16-10-36-11-17(16)19(21(28)22(15)33-26)23-20-14(6-29)25(30)37-24(20)18(27)8-31-23;1-2/h7-8,12-13H,4-5,9-11,30H2,1-3H3;1-2H3. The summed E-state index contributed by atoms with van der Waals surface area (Å²) in [4.78, 5) is 17.9. The Morgan fingerprint density at radius 1 is 1.21 bits per heavy atom. The molecule has 4 aromatic rings. The lowest BCUT2D eigenvalue weighted by Gasteiger charge is -2.26. The van der Waals surface area contributed by atoms with E-state index in [1.165, 1.54) is 0 Å². The highest BCUT2D eigenvalue weighted by molar-refractivity contribution is 7.23. The van der Waals surface area contributed by atoms with E-state index in [0.717, 1.165) is 42.6 Å². The molecule has 6 rings (SSSR count). The van der Waals surface area contributed by atoms with Crippen LogP contribution in [0.15, 0.2) is 12.4 Å². The van der Waals surface area contributed by atoms with Crippen molar-refractivity contribution in [2.75, 3.05) is 37.8 Å². The highest BCUT2D eigenvalue weighted by atomic mass is 32.1. The SMILES string of the molecule is CC.CC1C(CN(C)C)CCN1c1ncc2c3c(c(-c4ncc(F)c5sc(N)c(C#N)c45)c(F)c2n1)COC3. The van der Waals surface area contributed by atoms with Crippen molar-refractivity contribution in [3.05, 3.63) is 40.7 Å². The molecule has 0 bridgehead atoms. The van der Waals surface area contributed by atoms with Gasteiger partial charge in [-0.05, 0) is 44.5 Å². The summed E-state index contributed by atoms with van der Waals surface area (Å²) in [7, 11) is 4.11. The van der Waals surface area contributed by atoms with Gasteiger partial charge in [0, 0.05) is 41.7 Å². The van der Waals surface area contributed by atoms with Crippen molar-refractivity contribution in [2.45, 2.75) is 46.4 Å². The number of rotatable bonds is 4. The van der Waals surface area contributed by atoms with E-state index in [9.17, 15) is 9.65 Å². The first-order valence-corrected chi connectivity index (χ1v) is 13.9. The number of nitrogens with two attached hydrogens (primary N) is 1. The Kier molecular flexibility index (Phi) is 7.37. The van der Waals surface area contributed by atoms with E-state index in [2.05, 4.69) is 40.8 Å². The van der Waals surface area contributed by atoms with Crippen molar-refractivity contribution in [3.63, 3.8) is 0 Å². The number of halogens is 2. The summed E-state index contributed by atoms with van der Waals surface area (Å²) in [5, 5.41) is 10.7. The van der Waals surface area contributed by atoms with Crippen LogP contribution in [0, 0.1) is 28.9 Å². The third-order valence-electron chi connectivity index (χ3n) is 7.50. The minimum Gasteiger partial charge on any atom is -0.389 e. The fourth-order valence-corrected chi connectivity index (χ4v) is 6.60. The average Bonchev–Trinajstić information content (AvgIpc) is 3.64. The second-order valence-corrected chi connectivity index (χ2v) is 11.0. The zero-order valence-corrected chi connectivity index (χ0v) is 23.5. The molecule has 11 heteroatoms. The molecule has 2 aliphatic rings. The van der Waals surface area contributed by atoms with Gasteiger partial charge < -0.3 is 20.3 Å². The molecule has 0 radical (unpaired) electrons. The number of benzene rings is 1. The number of pyridine rings is 1. The number of nitrogens with zero attached hydrogens (tertiary/aromatic N) is 6. The highest BCUT2D eigenvalue weighted by Gasteiger charge is 2.34. The van der Waals surface area contributed by atoms with Gasteiger partial charge in [0.1, 0.15) is 16.6 Å². The Bertz CT molecular complexity index is 1610. The van der Waals surface area contributed by atoms with E-state index >= 15 is 4.39 Å². The molecule has 1 saturated heterocycles. The zero-order chi connectivity index (χ0) is 28.0. The van der Waals surface area contributed by atoms with Crippen LogP contribution in [0.1, 0.15) is 43.9 Å². The van der Waals surface area contributed by atoms with E-state index in [0.29, 0.717) is 22.8 Å². The van der Waals surface area contributed by atoms with Crippen LogP contribution in [-0.2, 0) is 18.0 Å². The maximum atomic E-state index is 16.5. The number of ether oxygens (including phenoxy) is 1. The molecule has 0 amide bonds. The van der Waals surface area contributed by atoms with Gasteiger partial charge in [0.15, 0.2) is 11.6 Å². The number of nitriles is 1. The quantitative estimate of drug-likeness (QED) is 0.356. The number of thiophene rings is 1. The smallest absolute Gasteiger partial charge is 0.226 e. The summed E-state index contributed by atoms with van der Waals surface area (Å²) in [6, 6.07) is 2.24. The van der Waals surface area contributed by atoms with Gasteiger partial charge in [-0.1, -0.05) is 13.8 Å². The lowest BCUT2D eigenvalue weighted by Crippen LogP contribution is -2.35. The molecule has 204 valence electrons. The third-order valence-corrected chi connectivity index (χ3v) is 8.53. The largest absolute Gasteiger partial charge is 0.389 e. The topological polar surface area (TPSA) is 104 Å². The zero-order valence-electron chi connectivity index (χ0n) is 22.7. The molecule has 2 unspecified atom stereocenters. The molecule has 2 aliphatic heterocycles. The van der Waals surface area contributed by atoms with Gasteiger partial charge in [-0.3, -0.25) is 4.98 Å². The minimum atomic E-state index is -0.606. The second-order valence-electron chi connectivity index (χ2n) is 9.93. The Hall–Kier alpha value is -3.46. The number of aromatic nitrogens is 3. The van der Waals surface area contributed by atoms with Crippen molar-refractivity contribution < 1.29 is 13.5 Å². The summed E-state index contributed by atoms with van der Waals surface area (Å²) < 4.78 is 37.0. The lowest BCUT2D eigenvalue weighted by molar-refractivity contribution is 0.135. The normalized spacial score (nSPS) is 18.5. The molecule has 3 aromatic heterocycles. The van der Waals surface area contributed by atoms with Crippen molar-refractivity contribution in [2.24, 2.45) is 5.92 Å². The highest BCUT2D eigenvalue weighted by Crippen LogP contribution is 2.45. The van der Waals surface area contributed by atoms with Crippen LogP contribution in [0.2, 0.25) is 0 Å². The van der Waals surface area contributed by atoms with Gasteiger partial charge >= 0.3 is 0 Å². The molecule has 2 N–H and O–H groups in total. The summed E-state index contributed by atoms with van der Waals surface area (Å²) in [5.74, 6) is -0.271. The molecule has 1 aromatic carbocycles. The molecule has 5 heterocycles. The first-order valence-electron chi connectivity index (χ1n) is 13.1. The number of anilines is 2. The Balaban J connectivity index is 0.00000151. The van der Waals surface area contributed by atoms with E-state index < -0.39 is 11.6 Å². The van der Waals surface area contributed by atoms with Crippen molar-refractivity contribution >= 4 is 43.3 Å². The van der Waals surface area contributed by atoms with E-state index in [4.69, 9.17) is 15.5 Å². The maximum Gasteiger partial charge on any atom is 0.226 e.